The van der Waals surface area contributed by atoms with Crippen LogP contribution in [-0.4, -0.2) is 11.6 Å². The minimum Gasteiger partial charge on any atom is -0.459 e. The fourth-order valence-electron chi connectivity index (χ4n) is 2.56. The highest BCUT2D eigenvalue weighted by Gasteiger charge is 2.34. The Morgan fingerprint density at radius 1 is 0.941 bits per heavy atom. The van der Waals surface area contributed by atoms with Gasteiger partial charge >= 0.3 is 5.97 Å². The summed E-state index contributed by atoms with van der Waals surface area (Å²) in [6.45, 7) is 14.7. The predicted octanol–water partition coefficient (Wildman–Crippen LogP) is 4.43. The minimum atomic E-state index is -0.251. The highest BCUT2D eigenvalue weighted by atomic mass is 16.6. The first-order valence-electron chi connectivity index (χ1n) is 7.06. The Labute approximate surface area is 107 Å². The van der Waals surface area contributed by atoms with E-state index in [-0.39, 0.29) is 17.5 Å². The molecule has 0 aromatic carbocycles. The Morgan fingerprint density at radius 3 is 1.53 bits per heavy atom. The van der Waals surface area contributed by atoms with Crippen LogP contribution in [0, 0.1) is 17.8 Å². The lowest BCUT2D eigenvalue weighted by atomic mass is 9.85. The number of carbonyl (C=O) groups is 1. The Hall–Kier alpha value is -0.530. The van der Waals surface area contributed by atoms with E-state index >= 15 is 0 Å². The van der Waals surface area contributed by atoms with Gasteiger partial charge in [-0.25, -0.2) is 0 Å². The second-order valence-electron chi connectivity index (χ2n) is 5.68. The van der Waals surface area contributed by atoms with Gasteiger partial charge < -0.3 is 4.74 Å². The molecule has 0 N–H and O–H groups in total. The highest BCUT2D eigenvalue weighted by molar-refractivity contribution is 5.73. The molecule has 17 heavy (non-hydrogen) atoms. The van der Waals surface area contributed by atoms with E-state index in [0.29, 0.717) is 11.8 Å². The Kier molecular flexibility index (Phi) is 6.81. The normalized spacial score (nSPS) is 12.6. The molecular weight excluding hydrogens is 212 g/mol. The van der Waals surface area contributed by atoms with Crippen LogP contribution in [0.15, 0.2) is 0 Å². The van der Waals surface area contributed by atoms with E-state index in [1.807, 2.05) is 0 Å². The third-order valence-electron chi connectivity index (χ3n) is 3.96. The van der Waals surface area contributed by atoms with Gasteiger partial charge in [0.2, 0.25) is 0 Å². The van der Waals surface area contributed by atoms with E-state index < -0.39 is 0 Å². The maximum Gasteiger partial charge on any atom is 0.310 e. The maximum absolute atomic E-state index is 12.3. The molecule has 0 aromatic heterocycles. The second kappa shape index (κ2) is 7.03. The Bertz CT molecular complexity index is 211. The molecule has 0 amide bonds. The molecule has 2 heteroatoms. The fourth-order valence-corrected chi connectivity index (χ4v) is 2.56. The van der Waals surface area contributed by atoms with Crippen LogP contribution in [0.3, 0.4) is 0 Å². The smallest absolute Gasteiger partial charge is 0.310 e. The van der Waals surface area contributed by atoms with Gasteiger partial charge in [-0.05, 0) is 31.1 Å². The fraction of sp³-hybridized carbons (Fsp3) is 0.933. The van der Waals surface area contributed by atoms with Crippen molar-refractivity contribution in [2.24, 2.45) is 17.8 Å². The summed E-state index contributed by atoms with van der Waals surface area (Å²) < 4.78 is 5.83. The Morgan fingerprint density at radius 2 is 1.29 bits per heavy atom. The molecule has 0 atom stereocenters. The summed E-state index contributed by atoms with van der Waals surface area (Å²) in [6, 6.07) is 0. The third kappa shape index (κ3) is 4.33. The van der Waals surface area contributed by atoms with Crippen molar-refractivity contribution in [3.8, 4) is 0 Å². The molecule has 102 valence electrons. The predicted molar refractivity (Wildman–Crippen MR) is 72.9 cm³/mol. The zero-order chi connectivity index (χ0) is 13.6. The summed E-state index contributed by atoms with van der Waals surface area (Å²) in [5, 5.41) is 0. The lowest BCUT2D eigenvalue weighted by Gasteiger charge is -2.34. The standard InChI is InChI=1S/C15H30O2/c1-8-15(9-2,10-3)17-14(16)13(11(4)5)12(6)7/h11-13H,8-10H2,1-7H3. The van der Waals surface area contributed by atoms with Crippen LogP contribution < -0.4 is 0 Å². The monoisotopic (exact) mass is 242 g/mol. The van der Waals surface area contributed by atoms with Crippen molar-refractivity contribution in [3.05, 3.63) is 0 Å². The van der Waals surface area contributed by atoms with Crippen LogP contribution in [0.25, 0.3) is 0 Å². The van der Waals surface area contributed by atoms with E-state index in [1.165, 1.54) is 0 Å². The molecule has 0 aliphatic carbocycles. The van der Waals surface area contributed by atoms with E-state index in [9.17, 15) is 4.79 Å². The second-order valence-corrected chi connectivity index (χ2v) is 5.68. The molecule has 0 rings (SSSR count). The first-order valence-corrected chi connectivity index (χ1v) is 7.06. The lowest BCUT2D eigenvalue weighted by molar-refractivity contribution is -0.170. The quantitative estimate of drug-likeness (QED) is 0.617. The summed E-state index contributed by atoms with van der Waals surface area (Å²) in [5.74, 6) is 0.677. The number of esters is 1. The highest BCUT2D eigenvalue weighted by Crippen LogP contribution is 2.29. The molecule has 0 saturated carbocycles. The number of hydrogen-bond donors (Lipinski definition) is 0. The van der Waals surface area contributed by atoms with Gasteiger partial charge in [0.15, 0.2) is 0 Å². The zero-order valence-electron chi connectivity index (χ0n) is 12.7. The molecule has 0 aliphatic rings. The molecular formula is C15H30O2. The van der Waals surface area contributed by atoms with Gasteiger partial charge in [0.05, 0.1) is 5.92 Å². The van der Waals surface area contributed by atoms with Gasteiger partial charge in [-0.3, -0.25) is 4.79 Å². The average Bonchev–Trinajstić information content (AvgIpc) is 2.25. The van der Waals surface area contributed by atoms with Crippen molar-refractivity contribution < 1.29 is 9.53 Å². The van der Waals surface area contributed by atoms with Gasteiger partial charge in [0.25, 0.3) is 0 Å². The zero-order valence-corrected chi connectivity index (χ0v) is 12.7. The minimum absolute atomic E-state index is 0.0130. The topological polar surface area (TPSA) is 26.3 Å². The van der Waals surface area contributed by atoms with E-state index in [0.717, 1.165) is 19.3 Å². The van der Waals surface area contributed by atoms with Crippen molar-refractivity contribution in [1.82, 2.24) is 0 Å². The first kappa shape index (κ1) is 16.5. The average molecular weight is 242 g/mol. The van der Waals surface area contributed by atoms with Gasteiger partial charge in [-0.15, -0.1) is 0 Å². The summed E-state index contributed by atoms with van der Waals surface area (Å²) in [7, 11) is 0. The van der Waals surface area contributed by atoms with Crippen LogP contribution >= 0.6 is 0 Å². The van der Waals surface area contributed by atoms with Gasteiger partial charge in [0.1, 0.15) is 5.60 Å². The molecule has 0 bridgehead atoms. The maximum atomic E-state index is 12.3. The molecule has 0 radical (unpaired) electrons. The van der Waals surface area contributed by atoms with Gasteiger partial charge in [-0.1, -0.05) is 48.5 Å². The summed E-state index contributed by atoms with van der Waals surface area (Å²) in [6.07, 6.45) is 2.69. The van der Waals surface area contributed by atoms with Crippen molar-refractivity contribution in [1.29, 1.82) is 0 Å². The molecule has 0 heterocycles. The van der Waals surface area contributed by atoms with Crippen molar-refractivity contribution in [2.45, 2.75) is 73.3 Å². The largest absolute Gasteiger partial charge is 0.459 e. The number of carbonyl (C=O) groups excluding carboxylic acids is 1. The van der Waals surface area contributed by atoms with Crippen LogP contribution in [-0.2, 0) is 9.53 Å². The molecule has 2 nitrogen and oxygen atoms in total. The summed E-state index contributed by atoms with van der Waals surface area (Å²) in [4.78, 5) is 12.3. The first-order chi connectivity index (χ1) is 7.83. The van der Waals surface area contributed by atoms with Crippen molar-refractivity contribution >= 4 is 5.97 Å². The molecule has 0 fully saturated rings. The van der Waals surface area contributed by atoms with Crippen molar-refractivity contribution in [2.75, 3.05) is 0 Å². The Balaban J connectivity index is 4.80. The lowest BCUT2D eigenvalue weighted by Crippen LogP contribution is -2.38. The van der Waals surface area contributed by atoms with E-state index in [1.54, 1.807) is 0 Å². The number of ether oxygens (including phenoxy) is 1. The van der Waals surface area contributed by atoms with E-state index in [2.05, 4.69) is 48.5 Å². The van der Waals surface area contributed by atoms with E-state index in [4.69, 9.17) is 4.74 Å². The van der Waals surface area contributed by atoms with Crippen LogP contribution in [0.1, 0.15) is 67.7 Å². The molecule has 0 aliphatic heterocycles. The molecule has 0 spiro atoms. The SMILES string of the molecule is CCC(CC)(CC)OC(=O)C(C(C)C)C(C)C. The third-order valence-corrected chi connectivity index (χ3v) is 3.96. The van der Waals surface area contributed by atoms with Crippen LogP contribution in [0.2, 0.25) is 0 Å². The molecule has 0 unspecified atom stereocenters. The van der Waals surface area contributed by atoms with Gasteiger partial charge in [-0.2, -0.15) is 0 Å². The molecule has 0 saturated heterocycles. The van der Waals surface area contributed by atoms with Crippen molar-refractivity contribution in [3.63, 3.8) is 0 Å². The molecule has 0 aromatic rings. The van der Waals surface area contributed by atoms with Gasteiger partial charge in [0, 0.05) is 0 Å². The summed E-state index contributed by atoms with van der Waals surface area (Å²) in [5.41, 5.74) is -0.251. The number of hydrogen-bond acceptors (Lipinski definition) is 2. The number of rotatable bonds is 7. The van der Waals surface area contributed by atoms with Crippen LogP contribution in [0.5, 0.6) is 0 Å². The van der Waals surface area contributed by atoms with Crippen LogP contribution in [0.4, 0.5) is 0 Å². The summed E-state index contributed by atoms with van der Waals surface area (Å²) >= 11 is 0.